The lowest BCUT2D eigenvalue weighted by Gasteiger charge is -2.37. The van der Waals surface area contributed by atoms with Crippen LogP contribution in [-0.4, -0.2) is 70.8 Å². The summed E-state index contributed by atoms with van der Waals surface area (Å²) in [6.45, 7) is 5.37. The van der Waals surface area contributed by atoms with E-state index in [1.54, 1.807) is 6.07 Å². The molecule has 2 heterocycles. The molecule has 0 amide bonds. The lowest BCUT2D eigenvalue weighted by atomic mass is 9.66. The summed E-state index contributed by atoms with van der Waals surface area (Å²) in [4.78, 5) is 5.10. The molecular formula is C39H56N2O6. The van der Waals surface area contributed by atoms with Crippen LogP contribution in [0.2, 0.25) is 0 Å². The van der Waals surface area contributed by atoms with Gasteiger partial charge in [0.15, 0.2) is 29.4 Å². The summed E-state index contributed by atoms with van der Waals surface area (Å²) in [5.74, 6) is 3.85. The first kappa shape index (κ1) is 34.2. The number of aromatic hydroxyl groups is 1. The van der Waals surface area contributed by atoms with E-state index >= 15 is 0 Å². The molecule has 3 saturated carbocycles. The smallest absolute Gasteiger partial charge is 0.190 e. The van der Waals surface area contributed by atoms with E-state index in [2.05, 4.69) is 18.3 Å². The highest BCUT2D eigenvalue weighted by atomic mass is 16.5. The van der Waals surface area contributed by atoms with Crippen molar-refractivity contribution >= 4 is 5.71 Å². The van der Waals surface area contributed by atoms with Gasteiger partial charge in [-0.2, -0.15) is 12.0 Å². The molecule has 0 saturated heterocycles. The Morgan fingerprint density at radius 1 is 1.17 bits per heavy atom. The summed E-state index contributed by atoms with van der Waals surface area (Å²) in [5.41, 5.74) is 3.73. The topological polar surface area (TPSA) is 124 Å². The van der Waals surface area contributed by atoms with Crippen molar-refractivity contribution in [1.29, 1.82) is 0 Å². The third-order valence-corrected chi connectivity index (χ3v) is 11.6. The summed E-state index contributed by atoms with van der Waals surface area (Å²) >= 11 is 0. The minimum absolute atomic E-state index is 0.00274. The van der Waals surface area contributed by atoms with Crippen molar-refractivity contribution < 1.29 is 29.9 Å². The van der Waals surface area contributed by atoms with Crippen molar-refractivity contribution in [3.63, 3.8) is 0 Å². The van der Waals surface area contributed by atoms with E-state index in [1.807, 2.05) is 25.1 Å². The van der Waals surface area contributed by atoms with Gasteiger partial charge >= 0.3 is 0 Å². The van der Waals surface area contributed by atoms with E-state index in [0.717, 1.165) is 61.1 Å². The van der Waals surface area contributed by atoms with Crippen LogP contribution in [0.1, 0.15) is 96.5 Å². The Kier molecular flexibility index (Phi) is 11.1. The van der Waals surface area contributed by atoms with Crippen LogP contribution in [0.4, 0.5) is 0 Å². The molecule has 5 aliphatic rings. The number of phenolic OH excluding ortho intramolecular Hbond substituents is 1. The maximum absolute atomic E-state index is 11.4. The number of hydrogen-bond acceptors (Lipinski definition) is 8. The molecule has 6 rings (SSSR count). The van der Waals surface area contributed by atoms with Crippen molar-refractivity contribution in [2.75, 3.05) is 26.3 Å². The molecule has 0 radical (unpaired) electrons. The molecule has 47 heavy (non-hydrogen) atoms. The van der Waals surface area contributed by atoms with Crippen LogP contribution in [-0.2, 0) is 11.2 Å². The van der Waals surface area contributed by atoms with Crippen molar-refractivity contribution in [2.24, 2.45) is 28.2 Å². The van der Waals surface area contributed by atoms with Crippen LogP contribution in [0, 0.1) is 35.1 Å². The van der Waals surface area contributed by atoms with Gasteiger partial charge < -0.3 is 35.2 Å². The zero-order chi connectivity index (χ0) is 33.0. The number of aryl methyl sites for hydroxylation is 1. The first-order valence-electron chi connectivity index (χ1n) is 18.3. The van der Waals surface area contributed by atoms with Crippen molar-refractivity contribution in [3.05, 3.63) is 59.2 Å². The average Bonchev–Trinajstić information content (AvgIpc) is 3.87. The van der Waals surface area contributed by atoms with Gasteiger partial charge in [-0.15, -0.1) is 4.99 Å². The largest absolute Gasteiger partial charge is 0.592 e. The highest BCUT2D eigenvalue weighted by Gasteiger charge is 2.57. The van der Waals surface area contributed by atoms with E-state index in [-0.39, 0.29) is 25.1 Å². The number of aliphatic imine (C=N–C) groups is 1. The van der Waals surface area contributed by atoms with Crippen LogP contribution in [0.3, 0.4) is 0 Å². The van der Waals surface area contributed by atoms with Crippen LogP contribution in [0.15, 0.2) is 46.7 Å². The predicted molar refractivity (Wildman–Crippen MR) is 184 cm³/mol. The normalized spacial score (nSPS) is 27.6. The lowest BCUT2D eigenvalue weighted by Crippen LogP contribution is -2.37. The number of phenols is 1. The van der Waals surface area contributed by atoms with Crippen molar-refractivity contribution in [1.82, 2.24) is 5.32 Å². The number of unbranched alkanes of at least 4 members (excludes halogenated alkanes) is 1. The number of fused-ring (bicyclic) bond motifs is 3. The third kappa shape index (κ3) is 7.66. The monoisotopic (exact) mass is 648 g/mol. The number of aliphatic hydroxyl groups is 3. The molecule has 8 nitrogen and oxygen atoms in total. The number of aliphatic hydroxyl groups excluding tert-OH is 3. The fourth-order valence-corrected chi connectivity index (χ4v) is 9.25. The molecule has 3 aliphatic carbocycles. The molecule has 8 heteroatoms. The zero-order valence-electron chi connectivity index (χ0n) is 28.4. The second-order valence-corrected chi connectivity index (χ2v) is 14.9. The second-order valence-electron chi connectivity index (χ2n) is 14.9. The summed E-state index contributed by atoms with van der Waals surface area (Å²) in [6, 6.07) is 6.01. The van der Waals surface area contributed by atoms with Crippen LogP contribution in [0.25, 0.3) is 0 Å². The Bertz CT molecular complexity index is 1300. The van der Waals surface area contributed by atoms with E-state index in [4.69, 9.17) is 14.5 Å². The number of rotatable bonds is 15. The van der Waals surface area contributed by atoms with Crippen LogP contribution < -0.4 is 10.1 Å². The molecule has 1 aromatic carbocycles. The van der Waals surface area contributed by atoms with Gasteiger partial charge in [0, 0.05) is 25.8 Å². The standard InChI is InChI=1S/C39H56N2O6/c1-3-4-10-37-27(23-42)18-28(47-37)13-11-26-12-14-35(44)38(17-26)46-24-36(45)33-19-30-31(22-40-21-25(2)43)29-8-7-9-32(29)39(15-5-6-16-39)20-34(30)41-33/h12,14,17-19,25,29,31-32,36-37,40,42-45H,3-11,13,15-16,20-24H2,1-2H3. The van der Waals surface area contributed by atoms with Crippen molar-refractivity contribution in [2.45, 2.75) is 116 Å². The quantitative estimate of drug-likeness (QED) is 0.148. The summed E-state index contributed by atoms with van der Waals surface area (Å²) in [7, 11) is 0. The second kappa shape index (κ2) is 15.3. The summed E-state index contributed by atoms with van der Waals surface area (Å²) in [6.07, 6.45) is 17.2. The van der Waals surface area contributed by atoms with Gasteiger partial charge in [-0.1, -0.05) is 57.3 Å². The minimum Gasteiger partial charge on any atom is -0.592 e. The summed E-state index contributed by atoms with van der Waals surface area (Å²) in [5, 5.41) is 45.2. The Labute approximate surface area is 281 Å². The Hall–Kier alpha value is -2.65. The van der Waals surface area contributed by atoms with Gasteiger partial charge in [0.2, 0.25) is 0 Å². The maximum Gasteiger partial charge on any atom is 0.190 e. The first-order valence-corrected chi connectivity index (χ1v) is 18.3. The molecule has 1 aromatic rings. The predicted octanol–water partition coefficient (Wildman–Crippen LogP) is 5.98. The fraction of sp³-hybridized carbons (Fsp3) is 0.667. The number of ether oxygens (including phenoxy) is 2. The number of benzene rings is 1. The SMILES string of the molecule is CCCCC1OC(CCc2ccc(O)c(OCC(O)[C+]3C=C4C(=N3)CC3(CCCC3)C3CCCC3C4CNCC(C)O)c2)=C[C-]1CO. The van der Waals surface area contributed by atoms with E-state index in [1.165, 1.54) is 50.5 Å². The number of nitrogens with one attached hydrogen (secondary N) is 1. The molecule has 6 atom stereocenters. The highest BCUT2D eigenvalue weighted by molar-refractivity contribution is 6.04. The van der Waals surface area contributed by atoms with E-state index in [9.17, 15) is 20.4 Å². The third-order valence-electron chi connectivity index (χ3n) is 11.6. The fourth-order valence-electron chi connectivity index (χ4n) is 9.25. The maximum atomic E-state index is 11.4. The average molecular weight is 649 g/mol. The van der Waals surface area contributed by atoms with Crippen LogP contribution >= 0.6 is 0 Å². The molecular weight excluding hydrogens is 592 g/mol. The molecule has 1 spiro atoms. The molecule has 6 unspecified atom stereocenters. The van der Waals surface area contributed by atoms with Gasteiger partial charge in [0.25, 0.3) is 0 Å². The van der Waals surface area contributed by atoms with Crippen LogP contribution in [0.5, 0.6) is 11.5 Å². The lowest BCUT2D eigenvalue weighted by molar-refractivity contribution is 0.113. The molecule has 0 bridgehead atoms. The highest BCUT2D eigenvalue weighted by Crippen LogP contribution is 2.60. The van der Waals surface area contributed by atoms with Gasteiger partial charge in [-0.25, -0.2) is 0 Å². The number of hydrogen-bond donors (Lipinski definition) is 5. The van der Waals surface area contributed by atoms with Gasteiger partial charge in [-0.05, 0) is 80.4 Å². The Morgan fingerprint density at radius 2 is 2.00 bits per heavy atom. The molecule has 0 aromatic heterocycles. The first-order chi connectivity index (χ1) is 22.8. The molecule has 258 valence electrons. The van der Waals surface area contributed by atoms with Gasteiger partial charge in [0.05, 0.1) is 24.5 Å². The Balaban J connectivity index is 1.11. The molecule has 5 N–H and O–H groups in total. The van der Waals surface area contributed by atoms with E-state index < -0.39 is 12.2 Å². The van der Waals surface area contributed by atoms with Gasteiger partial charge in [-0.3, -0.25) is 0 Å². The Morgan fingerprint density at radius 3 is 2.77 bits per heavy atom. The number of allylic oxidation sites excluding steroid dienone is 1. The van der Waals surface area contributed by atoms with Gasteiger partial charge in [0.1, 0.15) is 12.2 Å². The molecule has 3 fully saturated rings. The minimum atomic E-state index is -0.917. The summed E-state index contributed by atoms with van der Waals surface area (Å²) < 4.78 is 12.2. The van der Waals surface area contributed by atoms with Crippen molar-refractivity contribution in [3.8, 4) is 11.5 Å². The zero-order valence-corrected chi connectivity index (χ0v) is 28.4. The number of nitrogens with zero attached hydrogens (tertiary/aromatic N) is 1. The molecule has 2 aliphatic heterocycles. The van der Waals surface area contributed by atoms with E-state index in [0.29, 0.717) is 48.4 Å².